The van der Waals surface area contributed by atoms with Crippen LogP contribution in [0.25, 0.3) is 0 Å². The van der Waals surface area contributed by atoms with Crippen LogP contribution in [0.1, 0.15) is 22.3 Å². The van der Waals surface area contributed by atoms with Crippen molar-refractivity contribution in [1.29, 1.82) is 0 Å². The second-order valence-corrected chi connectivity index (χ2v) is 9.59. The Morgan fingerprint density at radius 3 is 2.25 bits per heavy atom. The molecule has 0 aliphatic carbocycles. The molecule has 0 unspecified atom stereocenters. The van der Waals surface area contributed by atoms with Crippen LogP contribution in [0.5, 0.6) is 5.75 Å². The standard InChI is InChI=1S/C25H28N2O4S/c1-19-9-11-21(12-10-19)16-26-25(28)18-27(17-22-7-5-4-6-8-22)32(29,30)23-13-14-24(31-3)20(2)15-23/h4-15H,16-18H2,1-3H3,(H,26,28). The fourth-order valence-electron chi connectivity index (χ4n) is 3.30. The summed E-state index contributed by atoms with van der Waals surface area (Å²) in [4.78, 5) is 12.8. The Morgan fingerprint density at radius 2 is 1.62 bits per heavy atom. The molecule has 3 aromatic rings. The molecule has 0 aromatic heterocycles. The molecule has 3 aromatic carbocycles. The Bertz CT molecular complexity index is 1160. The second-order valence-electron chi connectivity index (χ2n) is 7.65. The van der Waals surface area contributed by atoms with Crippen molar-refractivity contribution >= 4 is 15.9 Å². The monoisotopic (exact) mass is 452 g/mol. The minimum atomic E-state index is -3.91. The van der Waals surface area contributed by atoms with E-state index in [0.717, 1.165) is 16.7 Å². The summed E-state index contributed by atoms with van der Waals surface area (Å²) in [6, 6.07) is 21.7. The fraction of sp³-hybridized carbons (Fsp3) is 0.240. The summed E-state index contributed by atoms with van der Waals surface area (Å²) in [5.74, 6) is 0.240. The van der Waals surface area contributed by atoms with Gasteiger partial charge in [0, 0.05) is 13.1 Å². The highest BCUT2D eigenvalue weighted by molar-refractivity contribution is 7.89. The van der Waals surface area contributed by atoms with Gasteiger partial charge >= 0.3 is 0 Å². The van der Waals surface area contributed by atoms with Crippen LogP contribution >= 0.6 is 0 Å². The molecule has 6 nitrogen and oxygen atoms in total. The van der Waals surface area contributed by atoms with E-state index in [2.05, 4.69) is 5.32 Å². The van der Waals surface area contributed by atoms with E-state index in [1.807, 2.05) is 61.5 Å². The summed E-state index contributed by atoms with van der Waals surface area (Å²) in [5, 5.41) is 2.82. The summed E-state index contributed by atoms with van der Waals surface area (Å²) in [7, 11) is -2.38. The Balaban J connectivity index is 1.81. The van der Waals surface area contributed by atoms with Gasteiger partial charge in [0.15, 0.2) is 0 Å². The Hall–Kier alpha value is -3.16. The minimum absolute atomic E-state index is 0.0895. The maximum Gasteiger partial charge on any atom is 0.243 e. The van der Waals surface area contributed by atoms with E-state index in [4.69, 9.17) is 4.74 Å². The van der Waals surface area contributed by atoms with E-state index in [1.54, 1.807) is 19.1 Å². The molecule has 1 amide bonds. The third kappa shape index (κ3) is 5.96. The quantitative estimate of drug-likeness (QED) is 0.536. The topological polar surface area (TPSA) is 75.7 Å². The SMILES string of the molecule is COc1ccc(S(=O)(=O)N(CC(=O)NCc2ccc(C)cc2)Cc2ccccc2)cc1C. The predicted octanol–water partition coefficient (Wildman–Crippen LogP) is 3.82. The van der Waals surface area contributed by atoms with Crippen molar-refractivity contribution in [2.24, 2.45) is 0 Å². The summed E-state index contributed by atoms with van der Waals surface area (Å²) in [6.07, 6.45) is 0. The van der Waals surface area contributed by atoms with Crippen LogP contribution in [0.15, 0.2) is 77.7 Å². The summed E-state index contributed by atoms with van der Waals surface area (Å²) in [5.41, 5.74) is 3.59. The lowest BCUT2D eigenvalue weighted by molar-refractivity contribution is -0.121. The van der Waals surface area contributed by atoms with Crippen molar-refractivity contribution in [2.45, 2.75) is 31.8 Å². The molecular weight excluding hydrogens is 424 g/mol. The van der Waals surface area contributed by atoms with Gasteiger partial charge in [-0.05, 0) is 48.7 Å². The number of aryl methyl sites for hydroxylation is 2. The maximum absolute atomic E-state index is 13.4. The molecule has 0 aliphatic heterocycles. The second kappa shape index (κ2) is 10.4. The molecule has 0 saturated carbocycles. The highest BCUT2D eigenvalue weighted by atomic mass is 32.2. The highest BCUT2D eigenvalue weighted by Crippen LogP contribution is 2.24. The van der Waals surface area contributed by atoms with E-state index in [1.165, 1.54) is 17.5 Å². The van der Waals surface area contributed by atoms with E-state index >= 15 is 0 Å². The Labute approximate surface area is 189 Å². The van der Waals surface area contributed by atoms with Crippen LogP contribution in [-0.2, 0) is 27.9 Å². The first-order valence-electron chi connectivity index (χ1n) is 10.3. The Morgan fingerprint density at radius 1 is 0.938 bits per heavy atom. The van der Waals surface area contributed by atoms with Crippen LogP contribution in [0.3, 0.4) is 0 Å². The lowest BCUT2D eigenvalue weighted by Gasteiger charge is -2.22. The van der Waals surface area contributed by atoms with Gasteiger partial charge in [-0.15, -0.1) is 0 Å². The molecule has 0 heterocycles. The number of hydrogen-bond donors (Lipinski definition) is 1. The van der Waals surface area contributed by atoms with Gasteiger partial charge < -0.3 is 10.1 Å². The highest BCUT2D eigenvalue weighted by Gasteiger charge is 2.27. The molecule has 7 heteroatoms. The summed E-state index contributed by atoms with van der Waals surface area (Å²) in [6.45, 7) is 3.92. The number of carbonyl (C=O) groups is 1. The largest absolute Gasteiger partial charge is 0.496 e. The number of methoxy groups -OCH3 is 1. The Kier molecular flexibility index (Phi) is 7.66. The molecule has 168 valence electrons. The first-order chi connectivity index (χ1) is 15.3. The van der Waals surface area contributed by atoms with E-state index in [9.17, 15) is 13.2 Å². The number of nitrogens with one attached hydrogen (secondary N) is 1. The molecule has 0 saturated heterocycles. The average Bonchev–Trinajstić information content (AvgIpc) is 2.79. The van der Waals surface area contributed by atoms with E-state index in [-0.39, 0.29) is 23.9 Å². The van der Waals surface area contributed by atoms with Crippen molar-refractivity contribution in [1.82, 2.24) is 9.62 Å². The van der Waals surface area contributed by atoms with Gasteiger partial charge in [0.25, 0.3) is 0 Å². The number of benzene rings is 3. The van der Waals surface area contributed by atoms with Crippen molar-refractivity contribution in [3.63, 3.8) is 0 Å². The minimum Gasteiger partial charge on any atom is -0.496 e. The summed E-state index contributed by atoms with van der Waals surface area (Å²) < 4.78 is 33.3. The normalized spacial score (nSPS) is 11.4. The number of hydrogen-bond acceptors (Lipinski definition) is 4. The van der Waals surface area contributed by atoms with Gasteiger partial charge in [-0.3, -0.25) is 4.79 Å². The van der Waals surface area contributed by atoms with Crippen LogP contribution in [0.2, 0.25) is 0 Å². The van der Waals surface area contributed by atoms with Crippen molar-refractivity contribution < 1.29 is 17.9 Å². The van der Waals surface area contributed by atoms with E-state index < -0.39 is 10.0 Å². The number of nitrogens with zero attached hydrogens (tertiary/aromatic N) is 1. The van der Waals surface area contributed by atoms with Crippen molar-refractivity contribution in [2.75, 3.05) is 13.7 Å². The molecular formula is C25H28N2O4S. The van der Waals surface area contributed by atoms with Gasteiger partial charge in [-0.2, -0.15) is 4.31 Å². The third-order valence-electron chi connectivity index (χ3n) is 5.14. The van der Waals surface area contributed by atoms with E-state index in [0.29, 0.717) is 17.9 Å². The third-order valence-corrected chi connectivity index (χ3v) is 6.92. The number of amides is 1. The van der Waals surface area contributed by atoms with Gasteiger partial charge in [0.1, 0.15) is 5.75 Å². The maximum atomic E-state index is 13.4. The first kappa shape index (κ1) is 23.5. The lowest BCUT2D eigenvalue weighted by atomic mass is 10.1. The molecule has 0 fully saturated rings. The zero-order valence-electron chi connectivity index (χ0n) is 18.5. The van der Waals surface area contributed by atoms with Crippen LogP contribution in [0, 0.1) is 13.8 Å². The molecule has 0 spiro atoms. The number of carbonyl (C=O) groups excluding carboxylic acids is 1. The van der Waals surface area contributed by atoms with Gasteiger partial charge in [0.05, 0.1) is 18.6 Å². The number of sulfonamides is 1. The molecule has 0 atom stereocenters. The van der Waals surface area contributed by atoms with Gasteiger partial charge in [-0.25, -0.2) is 8.42 Å². The number of rotatable bonds is 9. The molecule has 32 heavy (non-hydrogen) atoms. The molecule has 3 rings (SSSR count). The molecule has 0 radical (unpaired) electrons. The van der Waals surface area contributed by atoms with Crippen molar-refractivity contribution in [3.05, 3.63) is 95.1 Å². The first-order valence-corrected chi connectivity index (χ1v) is 11.7. The zero-order valence-corrected chi connectivity index (χ0v) is 19.4. The molecule has 0 bridgehead atoms. The predicted molar refractivity (Wildman–Crippen MR) is 125 cm³/mol. The van der Waals surface area contributed by atoms with Gasteiger partial charge in [0.2, 0.25) is 15.9 Å². The number of ether oxygens (including phenoxy) is 1. The molecule has 0 aliphatic rings. The van der Waals surface area contributed by atoms with Crippen LogP contribution in [-0.4, -0.2) is 32.3 Å². The summed E-state index contributed by atoms with van der Waals surface area (Å²) >= 11 is 0. The average molecular weight is 453 g/mol. The molecule has 1 N–H and O–H groups in total. The van der Waals surface area contributed by atoms with Crippen LogP contribution < -0.4 is 10.1 Å². The van der Waals surface area contributed by atoms with Gasteiger partial charge in [-0.1, -0.05) is 60.2 Å². The zero-order chi connectivity index (χ0) is 23.1. The van der Waals surface area contributed by atoms with Crippen LogP contribution in [0.4, 0.5) is 0 Å². The van der Waals surface area contributed by atoms with Crippen molar-refractivity contribution in [3.8, 4) is 5.75 Å². The lowest BCUT2D eigenvalue weighted by Crippen LogP contribution is -2.40. The fourth-order valence-corrected chi connectivity index (χ4v) is 4.77. The smallest absolute Gasteiger partial charge is 0.243 e.